The number of Topliss-reactive ketones (excluding diaryl/α,β-unsaturated/α-hetero) is 1. The van der Waals surface area contributed by atoms with Crippen molar-refractivity contribution < 1.29 is 61.3 Å². The Morgan fingerprint density at radius 1 is 0.836 bits per heavy atom. The van der Waals surface area contributed by atoms with Crippen LogP contribution in [0, 0.1) is 11.8 Å². The summed E-state index contributed by atoms with van der Waals surface area (Å²) in [5, 5.41) is 10.6. The van der Waals surface area contributed by atoms with Crippen LogP contribution in [-0.4, -0.2) is 127 Å². The second-order valence-electron chi connectivity index (χ2n) is 17.9. The number of aliphatic hydroxyl groups is 1. The van der Waals surface area contributed by atoms with Crippen LogP contribution in [0.15, 0.2) is 37.0 Å². The quantitative estimate of drug-likeness (QED) is 0.367. The lowest BCUT2D eigenvalue weighted by Gasteiger charge is -2.47. The van der Waals surface area contributed by atoms with Crippen molar-refractivity contribution in [2.45, 2.75) is 200 Å². The van der Waals surface area contributed by atoms with Crippen LogP contribution in [0.4, 0.5) is 8.78 Å². The first kappa shape index (κ1) is 38.8. The van der Waals surface area contributed by atoms with Gasteiger partial charge in [0.15, 0.2) is 5.79 Å². The van der Waals surface area contributed by atoms with E-state index in [0.29, 0.717) is 38.2 Å². The Bertz CT molecular complexity index is 1510. The van der Waals surface area contributed by atoms with Crippen molar-refractivity contribution in [3.63, 3.8) is 0 Å². The molecule has 1 N–H and O–H groups in total. The number of alkyl halides is 2. The Morgan fingerprint density at radius 3 is 2.36 bits per heavy atom. The minimum Gasteiger partial charge on any atom is -0.386 e. The predicted molar refractivity (Wildman–Crippen MR) is 192 cm³/mol. The average Bonchev–Trinajstić information content (AvgIpc) is 3.83. The first-order valence-electron chi connectivity index (χ1n) is 20.7. The Hall–Kier alpha value is -1.65. The summed E-state index contributed by atoms with van der Waals surface area (Å²) in [5.41, 5.74) is 2.03. The molecule has 306 valence electrons. The summed E-state index contributed by atoms with van der Waals surface area (Å²) in [4.78, 5) is 14.1. The standard InChI is InChI=1S/C42H58F2O11/c1-6-42(43,44)34(46)18-32-35(47-5)27-16-23(45)15-25-8-10-29-36(50-25)40-39-38(52-29)37-33(53-39)19-41(54-37,55-40)12-11-26-14-21(3)28(48-26)9-7-24-13-20(2)22(4)30(49-24)17-31(27)51-32/h6,20,24-40,46H,1,3-4,7-19H2,2,5H3/t20-,24+,25?,26+,27+,28?,29+,30?,31+,32?,33+,34?,35-,36+,37+,38+,39-,40+,41+/m1/s1. The van der Waals surface area contributed by atoms with Crippen molar-refractivity contribution >= 4 is 5.78 Å². The van der Waals surface area contributed by atoms with Gasteiger partial charge < -0.3 is 47.7 Å². The lowest BCUT2D eigenvalue weighted by atomic mass is 9.81. The third-order valence-corrected chi connectivity index (χ3v) is 14.4. The van der Waals surface area contributed by atoms with Crippen molar-refractivity contribution in [2.24, 2.45) is 11.8 Å². The molecule has 0 aromatic heterocycles. The number of ether oxygens (including phenoxy) is 9. The zero-order valence-corrected chi connectivity index (χ0v) is 32.1. The highest BCUT2D eigenvalue weighted by Crippen LogP contribution is 2.54. The predicted octanol–water partition coefficient (Wildman–Crippen LogP) is 5.30. The van der Waals surface area contributed by atoms with Gasteiger partial charge in [0.05, 0.1) is 61.0 Å². The molecule has 5 unspecified atom stereocenters. The summed E-state index contributed by atoms with van der Waals surface area (Å²) in [5.74, 6) is -4.68. The fourth-order valence-corrected chi connectivity index (χ4v) is 11.4. The molecule has 10 rings (SSSR count). The highest BCUT2D eigenvalue weighted by molar-refractivity contribution is 5.79. The second-order valence-corrected chi connectivity index (χ2v) is 17.9. The van der Waals surface area contributed by atoms with Gasteiger partial charge in [0.2, 0.25) is 0 Å². The van der Waals surface area contributed by atoms with Crippen molar-refractivity contribution in [3.05, 3.63) is 37.0 Å². The van der Waals surface area contributed by atoms with Gasteiger partial charge in [-0.3, -0.25) is 4.79 Å². The Labute approximate surface area is 322 Å². The van der Waals surface area contributed by atoms with E-state index in [4.69, 9.17) is 42.6 Å². The number of halogens is 2. The molecule has 12 bridgehead atoms. The normalized spacial score (nSPS) is 50.4. The van der Waals surface area contributed by atoms with Gasteiger partial charge in [0, 0.05) is 51.6 Å². The smallest absolute Gasteiger partial charge is 0.291 e. The summed E-state index contributed by atoms with van der Waals surface area (Å²) in [7, 11) is 1.50. The van der Waals surface area contributed by atoms with Gasteiger partial charge in [-0.25, -0.2) is 0 Å². The molecule has 55 heavy (non-hydrogen) atoms. The molecule has 1 spiro atoms. The van der Waals surface area contributed by atoms with E-state index in [0.717, 1.165) is 43.3 Å². The maximum absolute atomic E-state index is 14.5. The second kappa shape index (κ2) is 14.9. The number of fused-ring (bicyclic) bond motifs is 6. The summed E-state index contributed by atoms with van der Waals surface area (Å²) in [6.07, 6.45) is 0.290. The van der Waals surface area contributed by atoms with E-state index in [1.807, 2.05) is 0 Å². The van der Waals surface area contributed by atoms with Gasteiger partial charge in [-0.2, -0.15) is 8.78 Å². The summed E-state index contributed by atoms with van der Waals surface area (Å²) < 4.78 is 88.6. The third-order valence-electron chi connectivity index (χ3n) is 14.4. The molecule has 0 amide bonds. The van der Waals surface area contributed by atoms with Crippen molar-refractivity contribution in [1.29, 1.82) is 0 Å². The van der Waals surface area contributed by atoms with Crippen LogP contribution in [0.2, 0.25) is 0 Å². The average molecular weight is 777 g/mol. The van der Waals surface area contributed by atoms with Crippen LogP contribution in [0.1, 0.15) is 90.4 Å². The van der Waals surface area contributed by atoms with E-state index >= 15 is 0 Å². The fraction of sp³-hybridized carbons (Fsp3) is 0.833. The molecule has 0 aromatic carbocycles. The number of hydrogen-bond acceptors (Lipinski definition) is 11. The molecule has 11 nitrogen and oxygen atoms in total. The first-order chi connectivity index (χ1) is 26.3. The maximum Gasteiger partial charge on any atom is 0.291 e. The van der Waals surface area contributed by atoms with Crippen LogP contribution in [0.5, 0.6) is 0 Å². The van der Waals surface area contributed by atoms with Gasteiger partial charge in [0.25, 0.3) is 5.92 Å². The van der Waals surface area contributed by atoms with Crippen LogP contribution < -0.4 is 0 Å². The fourth-order valence-electron chi connectivity index (χ4n) is 11.4. The summed E-state index contributed by atoms with van der Waals surface area (Å²) >= 11 is 0. The molecule has 19 atom stereocenters. The lowest BCUT2D eigenvalue weighted by molar-refractivity contribution is -0.292. The molecule has 0 radical (unpaired) electrons. The molecule has 10 aliphatic heterocycles. The third kappa shape index (κ3) is 7.14. The number of aliphatic hydroxyl groups excluding tert-OH is 1. The monoisotopic (exact) mass is 776 g/mol. The van der Waals surface area contributed by atoms with E-state index in [2.05, 4.69) is 26.7 Å². The molecule has 0 saturated carbocycles. The maximum atomic E-state index is 14.5. The number of rotatable bonds is 5. The van der Waals surface area contributed by atoms with Crippen LogP contribution >= 0.6 is 0 Å². The van der Waals surface area contributed by atoms with Gasteiger partial charge >= 0.3 is 0 Å². The summed E-state index contributed by atoms with van der Waals surface area (Å²) in [6, 6.07) is 0. The lowest BCUT2D eigenvalue weighted by Crippen LogP contribution is -2.61. The minimum absolute atomic E-state index is 0.00153. The Balaban J connectivity index is 0.994. The highest BCUT2D eigenvalue weighted by atomic mass is 19.3. The van der Waals surface area contributed by atoms with Crippen LogP contribution in [-0.2, 0) is 47.4 Å². The van der Waals surface area contributed by atoms with E-state index in [9.17, 15) is 18.7 Å². The SMILES string of the molecule is C=CC(F)(F)C(O)CC1O[C@H]2CC3O[C@@H](CCC4O[C@@H](CC[C@@]56C[C@@H]7O[C@@H]8[C@@H](O[C@H]9CCC(CC(=O)C[C@@H]2[C@H]1OC)O[C@@H]9[C@@H]8O5)[C@H]7O6)CC4=C)C[C@@H](C)C3=C. The van der Waals surface area contributed by atoms with Crippen molar-refractivity contribution in [1.82, 2.24) is 0 Å². The molecule has 0 aromatic rings. The minimum atomic E-state index is -3.51. The van der Waals surface area contributed by atoms with E-state index in [1.54, 1.807) is 0 Å². The van der Waals surface area contributed by atoms with Crippen LogP contribution in [0.25, 0.3) is 0 Å². The highest BCUT2D eigenvalue weighted by Gasteiger charge is 2.68. The van der Waals surface area contributed by atoms with Crippen molar-refractivity contribution in [3.8, 4) is 0 Å². The molecular formula is C42H58F2O11. The number of carbonyl (C=O) groups excluding carboxylic acids is 1. The zero-order valence-electron chi connectivity index (χ0n) is 32.1. The van der Waals surface area contributed by atoms with Gasteiger partial charge in [-0.1, -0.05) is 26.7 Å². The number of methoxy groups -OCH3 is 1. The number of hydrogen-bond donors (Lipinski definition) is 1. The largest absolute Gasteiger partial charge is 0.386 e. The Kier molecular flexibility index (Phi) is 10.5. The topological polar surface area (TPSA) is 120 Å². The number of ketones is 1. The van der Waals surface area contributed by atoms with Crippen molar-refractivity contribution in [2.75, 3.05) is 7.11 Å². The van der Waals surface area contributed by atoms with E-state index in [1.165, 1.54) is 7.11 Å². The molecule has 10 saturated heterocycles. The molecule has 13 heteroatoms. The Morgan fingerprint density at radius 2 is 1.56 bits per heavy atom. The van der Waals surface area contributed by atoms with E-state index in [-0.39, 0.29) is 92.0 Å². The number of carbonyl (C=O) groups is 1. The van der Waals surface area contributed by atoms with Gasteiger partial charge in [-0.05, 0) is 68.1 Å². The molecule has 10 fully saturated rings. The van der Waals surface area contributed by atoms with Gasteiger partial charge in [-0.15, -0.1) is 0 Å². The zero-order chi connectivity index (χ0) is 38.4. The molecule has 0 aliphatic carbocycles. The molecular weight excluding hydrogens is 718 g/mol. The summed E-state index contributed by atoms with van der Waals surface area (Å²) in [6.45, 7) is 14.2. The van der Waals surface area contributed by atoms with Gasteiger partial charge in [0.1, 0.15) is 42.4 Å². The molecule has 10 heterocycles. The van der Waals surface area contributed by atoms with Crippen LogP contribution in [0.3, 0.4) is 0 Å². The molecule has 10 aliphatic rings. The first-order valence-corrected chi connectivity index (χ1v) is 20.7. The van der Waals surface area contributed by atoms with E-state index < -0.39 is 54.3 Å².